The van der Waals surface area contributed by atoms with E-state index < -0.39 is 30.3 Å². The van der Waals surface area contributed by atoms with Crippen molar-refractivity contribution in [3.63, 3.8) is 0 Å². The van der Waals surface area contributed by atoms with Crippen molar-refractivity contribution in [1.82, 2.24) is 4.31 Å². The van der Waals surface area contributed by atoms with E-state index in [1.807, 2.05) is 0 Å². The van der Waals surface area contributed by atoms with Gasteiger partial charge in [0.2, 0.25) is 0 Å². The summed E-state index contributed by atoms with van der Waals surface area (Å²) in [6, 6.07) is 7.56. The van der Waals surface area contributed by atoms with Gasteiger partial charge in [-0.3, -0.25) is 0 Å². The largest absolute Gasteiger partial charge is 0.501 e. The molecule has 6 nitrogen and oxygen atoms in total. The molecular weight excluding hydrogens is 437 g/mol. The monoisotopic (exact) mass is 454 g/mol. The van der Waals surface area contributed by atoms with Gasteiger partial charge in [-0.05, 0) is 42.5 Å². The summed E-state index contributed by atoms with van der Waals surface area (Å²) < 4.78 is 87.9. The molecule has 1 aromatic carbocycles. The number of anilines is 1. The number of hydrogen-bond donors (Lipinski definition) is 1. The number of hydrogen-bond acceptors (Lipinski definition) is 6. The number of piperidine rings is 1. The van der Waals surface area contributed by atoms with E-state index in [9.17, 15) is 30.0 Å². The molecule has 0 bridgehead atoms. The van der Waals surface area contributed by atoms with Gasteiger partial charge in [-0.25, -0.2) is 16.8 Å². The van der Waals surface area contributed by atoms with Crippen molar-refractivity contribution < 1.29 is 30.0 Å². The lowest BCUT2D eigenvalue weighted by atomic mass is 10.1. The maximum Gasteiger partial charge on any atom is 0.501 e. The first kappa shape index (κ1) is 21.1. The fraction of sp³-hybridized carbons (Fsp3) is 0.375. The highest BCUT2D eigenvalue weighted by molar-refractivity contribution is 7.92. The van der Waals surface area contributed by atoms with Gasteiger partial charge in [0.25, 0.3) is 19.9 Å². The van der Waals surface area contributed by atoms with Crippen LogP contribution in [0.4, 0.5) is 18.9 Å². The number of sulfonamides is 1. The molecule has 0 atom stereocenters. The molecule has 1 aromatic heterocycles. The zero-order valence-electron chi connectivity index (χ0n) is 14.4. The summed E-state index contributed by atoms with van der Waals surface area (Å²) in [6.07, 6.45) is 0.891. The third-order valence-corrected chi connectivity index (χ3v) is 9.12. The maximum absolute atomic E-state index is 12.7. The highest BCUT2D eigenvalue weighted by atomic mass is 32.2. The van der Waals surface area contributed by atoms with Crippen molar-refractivity contribution in [3.8, 4) is 0 Å². The van der Waals surface area contributed by atoms with Crippen LogP contribution in [-0.2, 0) is 19.9 Å². The predicted molar refractivity (Wildman–Crippen MR) is 99.4 cm³/mol. The Kier molecular flexibility index (Phi) is 5.76. The zero-order valence-corrected chi connectivity index (χ0v) is 16.8. The first-order chi connectivity index (χ1) is 13.0. The molecule has 28 heavy (non-hydrogen) atoms. The molecule has 154 valence electrons. The Labute approximate surface area is 165 Å². The number of benzene rings is 1. The van der Waals surface area contributed by atoms with Crippen molar-refractivity contribution in [2.75, 3.05) is 18.4 Å². The number of rotatable bonds is 5. The number of alkyl halides is 3. The molecule has 2 heterocycles. The lowest BCUT2D eigenvalue weighted by molar-refractivity contribution is -0.0435. The number of nitrogens with one attached hydrogen (secondary N) is 1. The van der Waals surface area contributed by atoms with Gasteiger partial charge in [-0.15, -0.1) is 11.3 Å². The lowest BCUT2D eigenvalue weighted by Gasteiger charge is -2.31. The maximum atomic E-state index is 12.7. The Balaban J connectivity index is 1.67. The van der Waals surface area contributed by atoms with Crippen LogP contribution >= 0.6 is 11.3 Å². The Morgan fingerprint density at radius 2 is 1.71 bits per heavy atom. The third kappa shape index (κ3) is 4.19. The summed E-state index contributed by atoms with van der Waals surface area (Å²) in [5, 5.41) is 4.68. The van der Waals surface area contributed by atoms with Crippen LogP contribution in [0, 0.1) is 0 Å². The Hall–Kier alpha value is -1.63. The molecule has 1 saturated heterocycles. The topological polar surface area (TPSA) is 83.6 Å². The second-order valence-corrected chi connectivity index (χ2v) is 11.3. The fourth-order valence-electron chi connectivity index (χ4n) is 2.90. The van der Waals surface area contributed by atoms with Gasteiger partial charge >= 0.3 is 5.51 Å². The minimum absolute atomic E-state index is 0.182. The number of sulfone groups is 1. The van der Waals surface area contributed by atoms with Gasteiger partial charge in [0.15, 0.2) is 0 Å². The summed E-state index contributed by atoms with van der Waals surface area (Å²) in [5.74, 6) is 0. The number of halogens is 3. The van der Waals surface area contributed by atoms with E-state index in [2.05, 4.69) is 5.32 Å². The molecule has 12 heteroatoms. The summed E-state index contributed by atoms with van der Waals surface area (Å²) in [5.41, 5.74) is -5.13. The molecule has 3 rings (SSSR count). The second-order valence-electron chi connectivity index (χ2n) is 6.23. The van der Waals surface area contributed by atoms with Crippen LogP contribution < -0.4 is 5.32 Å². The van der Waals surface area contributed by atoms with Crippen LogP contribution in [0.3, 0.4) is 0 Å². The Bertz CT molecular complexity index is 1030. The molecule has 2 aromatic rings. The van der Waals surface area contributed by atoms with Crippen molar-refractivity contribution in [3.05, 3.63) is 41.8 Å². The molecule has 0 unspecified atom stereocenters. The van der Waals surface area contributed by atoms with Crippen LogP contribution in [0.1, 0.15) is 12.8 Å². The molecular formula is C16H17F3N2O4S3. The number of nitrogens with zero attached hydrogens (tertiary/aromatic N) is 1. The van der Waals surface area contributed by atoms with Crippen molar-refractivity contribution in [2.24, 2.45) is 0 Å². The molecule has 1 fully saturated rings. The SMILES string of the molecule is O=S(=O)(c1cccs1)N1CCC(Nc2cccc(S(=O)(=O)C(F)(F)F)c2)CC1. The normalized spacial score (nSPS) is 17.5. The summed E-state index contributed by atoms with van der Waals surface area (Å²) in [4.78, 5) is -0.831. The highest BCUT2D eigenvalue weighted by Gasteiger charge is 2.46. The summed E-state index contributed by atoms with van der Waals surface area (Å²) in [6.45, 7) is 0.525. The molecule has 1 N–H and O–H groups in total. The van der Waals surface area contributed by atoms with Gasteiger partial charge in [-0.1, -0.05) is 12.1 Å². The molecule has 1 aliphatic rings. The van der Waals surface area contributed by atoms with Crippen LogP contribution in [0.5, 0.6) is 0 Å². The van der Waals surface area contributed by atoms with Gasteiger partial charge in [0, 0.05) is 24.8 Å². The minimum Gasteiger partial charge on any atom is -0.382 e. The van der Waals surface area contributed by atoms with Crippen LogP contribution in [0.25, 0.3) is 0 Å². The van der Waals surface area contributed by atoms with Crippen LogP contribution in [-0.4, -0.2) is 45.8 Å². The third-order valence-electron chi connectivity index (χ3n) is 4.36. The van der Waals surface area contributed by atoms with E-state index in [4.69, 9.17) is 0 Å². The minimum atomic E-state index is -5.42. The number of thiophene rings is 1. The predicted octanol–water partition coefficient (Wildman–Crippen LogP) is 3.31. The van der Waals surface area contributed by atoms with Crippen LogP contribution in [0.2, 0.25) is 0 Å². The average molecular weight is 455 g/mol. The molecule has 1 aliphatic heterocycles. The summed E-state index contributed by atoms with van der Waals surface area (Å²) in [7, 11) is -8.96. The van der Waals surface area contributed by atoms with E-state index in [0.29, 0.717) is 12.8 Å². The van der Waals surface area contributed by atoms with Gasteiger partial charge in [0.1, 0.15) is 4.21 Å². The van der Waals surface area contributed by atoms with E-state index in [0.717, 1.165) is 23.5 Å². The van der Waals surface area contributed by atoms with Crippen LogP contribution in [0.15, 0.2) is 50.9 Å². The van der Waals surface area contributed by atoms with Crippen molar-refractivity contribution in [1.29, 1.82) is 0 Å². The standard InChI is InChI=1S/C16H17F3N2O4S3/c17-16(18,19)27(22,23)14-4-1-3-13(11-14)20-12-6-8-21(9-7-12)28(24,25)15-5-2-10-26-15/h1-5,10-12,20H,6-9H2. The van der Waals surface area contributed by atoms with E-state index in [-0.39, 0.29) is 29.0 Å². The molecule has 0 spiro atoms. The molecule has 0 aliphatic carbocycles. The van der Waals surface area contributed by atoms with Crippen molar-refractivity contribution >= 4 is 36.9 Å². The quantitative estimate of drug-likeness (QED) is 0.750. The van der Waals surface area contributed by atoms with E-state index in [1.165, 1.54) is 22.5 Å². The smallest absolute Gasteiger partial charge is 0.382 e. The van der Waals surface area contributed by atoms with Crippen molar-refractivity contribution in [2.45, 2.75) is 33.5 Å². The van der Waals surface area contributed by atoms with Gasteiger partial charge in [0.05, 0.1) is 4.90 Å². The van der Waals surface area contributed by atoms with E-state index in [1.54, 1.807) is 11.4 Å². The molecule has 0 amide bonds. The van der Waals surface area contributed by atoms with Gasteiger partial charge < -0.3 is 5.32 Å². The first-order valence-electron chi connectivity index (χ1n) is 8.23. The average Bonchev–Trinajstić information content (AvgIpc) is 3.17. The molecule has 0 radical (unpaired) electrons. The molecule has 0 saturated carbocycles. The van der Waals surface area contributed by atoms with Gasteiger partial charge in [-0.2, -0.15) is 17.5 Å². The van der Waals surface area contributed by atoms with E-state index >= 15 is 0 Å². The second kappa shape index (κ2) is 7.65. The fourth-order valence-corrected chi connectivity index (χ4v) is 6.32. The zero-order chi connectivity index (χ0) is 20.6. The highest BCUT2D eigenvalue weighted by Crippen LogP contribution is 2.32. The first-order valence-corrected chi connectivity index (χ1v) is 12.0. The summed E-state index contributed by atoms with van der Waals surface area (Å²) >= 11 is 1.14. The lowest BCUT2D eigenvalue weighted by Crippen LogP contribution is -2.42. The Morgan fingerprint density at radius 3 is 2.29 bits per heavy atom. The Morgan fingerprint density at radius 1 is 1.04 bits per heavy atom.